The number of hydrogen-bond acceptors (Lipinski definition) is 5. The highest BCUT2D eigenvalue weighted by Crippen LogP contribution is 2.42. The molecule has 24 heavy (non-hydrogen) atoms. The molecule has 0 spiro atoms. The van der Waals surface area contributed by atoms with Crippen LogP contribution in [-0.2, 0) is 0 Å². The molecule has 0 fully saturated rings. The summed E-state index contributed by atoms with van der Waals surface area (Å²) in [6.45, 7) is 5.06. The molecule has 4 rings (SSSR count). The van der Waals surface area contributed by atoms with Crippen molar-refractivity contribution in [3.8, 4) is 17.2 Å². The van der Waals surface area contributed by atoms with Crippen LogP contribution >= 0.6 is 11.3 Å². The number of carbonyl (C=O) groups is 1. The lowest BCUT2D eigenvalue weighted by atomic mass is 9.89. The van der Waals surface area contributed by atoms with E-state index in [9.17, 15) is 4.79 Å². The van der Waals surface area contributed by atoms with Crippen molar-refractivity contribution in [1.82, 2.24) is 5.32 Å². The Morgan fingerprint density at radius 1 is 1.21 bits per heavy atom. The van der Waals surface area contributed by atoms with Crippen molar-refractivity contribution >= 4 is 17.2 Å². The first-order valence-electron chi connectivity index (χ1n) is 7.99. The third kappa shape index (κ3) is 2.71. The minimum atomic E-state index is -0.333. The van der Waals surface area contributed by atoms with Gasteiger partial charge in [0.25, 0.3) is 5.91 Å². The molecule has 0 radical (unpaired) electrons. The molecule has 1 amide bonds. The number of ether oxygens (including phenoxy) is 3. The van der Waals surface area contributed by atoms with E-state index in [1.54, 1.807) is 0 Å². The predicted molar refractivity (Wildman–Crippen MR) is 91.3 cm³/mol. The van der Waals surface area contributed by atoms with Gasteiger partial charge in [-0.15, -0.1) is 11.3 Å². The number of rotatable bonds is 2. The molecule has 0 bridgehead atoms. The second-order valence-corrected chi connectivity index (χ2v) is 7.46. The largest absolute Gasteiger partial charge is 0.487 e. The van der Waals surface area contributed by atoms with Crippen LogP contribution in [0.1, 0.15) is 41.5 Å². The predicted octanol–water partition coefficient (Wildman–Crippen LogP) is 3.55. The number of para-hydroxylation sites is 1. The Hall–Kier alpha value is -2.21. The summed E-state index contributed by atoms with van der Waals surface area (Å²) in [5, 5.41) is 4.96. The molecule has 5 nitrogen and oxygen atoms in total. The second-order valence-electron chi connectivity index (χ2n) is 6.58. The van der Waals surface area contributed by atoms with Crippen LogP contribution in [-0.4, -0.2) is 24.7 Å². The van der Waals surface area contributed by atoms with Crippen molar-refractivity contribution in [3.05, 3.63) is 40.1 Å². The van der Waals surface area contributed by atoms with Gasteiger partial charge in [-0.05, 0) is 19.9 Å². The molecule has 1 aromatic heterocycles. The highest BCUT2D eigenvalue weighted by atomic mass is 32.1. The van der Waals surface area contributed by atoms with Crippen LogP contribution < -0.4 is 19.5 Å². The maximum Gasteiger partial charge on any atom is 0.265 e. The average Bonchev–Trinajstić information content (AvgIpc) is 2.98. The molecule has 2 aliphatic rings. The van der Waals surface area contributed by atoms with Gasteiger partial charge in [-0.3, -0.25) is 4.79 Å². The summed E-state index contributed by atoms with van der Waals surface area (Å²) < 4.78 is 17.2. The van der Waals surface area contributed by atoms with Gasteiger partial charge in [0.1, 0.15) is 29.4 Å². The Kier molecular flexibility index (Phi) is 3.64. The van der Waals surface area contributed by atoms with Crippen LogP contribution in [0, 0.1) is 0 Å². The average molecular weight is 345 g/mol. The lowest BCUT2D eigenvalue weighted by Gasteiger charge is -2.37. The van der Waals surface area contributed by atoms with Crippen LogP contribution in [0.5, 0.6) is 17.2 Å². The quantitative estimate of drug-likeness (QED) is 0.904. The summed E-state index contributed by atoms with van der Waals surface area (Å²) in [5.74, 6) is 1.91. The van der Waals surface area contributed by atoms with Crippen molar-refractivity contribution in [1.29, 1.82) is 0 Å². The van der Waals surface area contributed by atoms with Crippen molar-refractivity contribution in [3.63, 3.8) is 0 Å². The van der Waals surface area contributed by atoms with Gasteiger partial charge in [0, 0.05) is 17.4 Å². The molecule has 6 heteroatoms. The minimum Gasteiger partial charge on any atom is -0.487 e. The topological polar surface area (TPSA) is 56.8 Å². The Morgan fingerprint density at radius 3 is 2.88 bits per heavy atom. The van der Waals surface area contributed by atoms with Crippen LogP contribution in [0.2, 0.25) is 0 Å². The summed E-state index contributed by atoms with van der Waals surface area (Å²) in [6.07, 6.45) is 0.709. The van der Waals surface area contributed by atoms with E-state index >= 15 is 0 Å². The number of hydrogen-bond donors (Lipinski definition) is 1. The summed E-state index contributed by atoms with van der Waals surface area (Å²) in [6, 6.07) is 7.75. The van der Waals surface area contributed by atoms with E-state index in [2.05, 4.69) is 5.32 Å². The van der Waals surface area contributed by atoms with E-state index in [1.807, 2.05) is 43.5 Å². The fourth-order valence-corrected chi connectivity index (χ4v) is 4.01. The zero-order valence-electron chi connectivity index (χ0n) is 13.6. The van der Waals surface area contributed by atoms with Crippen LogP contribution in [0.3, 0.4) is 0 Å². The summed E-state index contributed by atoms with van der Waals surface area (Å²) in [4.78, 5) is 13.4. The fraction of sp³-hybridized carbons (Fsp3) is 0.389. The molecule has 1 aromatic carbocycles. The Bertz CT molecular complexity index is 783. The molecule has 2 aliphatic heterocycles. The van der Waals surface area contributed by atoms with E-state index in [1.165, 1.54) is 11.3 Å². The molecule has 3 heterocycles. The van der Waals surface area contributed by atoms with Crippen LogP contribution in [0.25, 0.3) is 0 Å². The first-order chi connectivity index (χ1) is 11.5. The van der Waals surface area contributed by atoms with Crippen molar-refractivity contribution in [2.45, 2.75) is 31.9 Å². The molecule has 2 aromatic rings. The third-order valence-corrected chi connectivity index (χ3v) is 5.13. The molecule has 0 aliphatic carbocycles. The number of thiophene rings is 1. The molecule has 1 atom stereocenters. The molecule has 0 saturated heterocycles. The standard InChI is InChI=1S/C18H19NO4S/c1-18(2)9-12(11-5-3-4-6-13(11)23-18)19-17(20)16-15-14(10-24-16)21-7-8-22-15/h3-6,10,12H,7-9H2,1-2H3,(H,19,20)/t12-/m1/s1. The summed E-state index contributed by atoms with van der Waals surface area (Å²) in [5.41, 5.74) is 0.675. The zero-order valence-corrected chi connectivity index (χ0v) is 14.4. The number of benzene rings is 1. The Morgan fingerprint density at radius 2 is 2.00 bits per heavy atom. The van der Waals surface area contributed by atoms with Crippen LogP contribution in [0.15, 0.2) is 29.6 Å². The van der Waals surface area contributed by atoms with Gasteiger partial charge in [-0.1, -0.05) is 18.2 Å². The summed E-state index contributed by atoms with van der Waals surface area (Å²) in [7, 11) is 0. The minimum absolute atomic E-state index is 0.0975. The number of carbonyl (C=O) groups excluding carboxylic acids is 1. The monoisotopic (exact) mass is 345 g/mol. The maximum absolute atomic E-state index is 12.8. The van der Waals surface area contributed by atoms with E-state index in [0.717, 1.165) is 11.3 Å². The highest BCUT2D eigenvalue weighted by Gasteiger charge is 2.35. The number of amides is 1. The lowest BCUT2D eigenvalue weighted by Crippen LogP contribution is -2.41. The number of nitrogens with one attached hydrogen (secondary N) is 1. The SMILES string of the molecule is CC1(C)C[C@@H](NC(=O)c2scc3c2OCCO3)c2ccccc2O1. The first kappa shape index (κ1) is 15.3. The molecule has 0 unspecified atom stereocenters. The molecule has 126 valence electrons. The normalized spacial score (nSPS) is 20.7. The molecule has 0 saturated carbocycles. The maximum atomic E-state index is 12.8. The van der Waals surface area contributed by atoms with Gasteiger partial charge in [0.05, 0.1) is 6.04 Å². The van der Waals surface area contributed by atoms with E-state index in [-0.39, 0.29) is 17.6 Å². The van der Waals surface area contributed by atoms with E-state index < -0.39 is 0 Å². The lowest BCUT2D eigenvalue weighted by molar-refractivity contribution is 0.0619. The first-order valence-corrected chi connectivity index (χ1v) is 8.87. The summed E-state index contributed by atoms with van der Waals surface area (Å²) >= 11 is 1.35. The fourth-order valence-electron chi connectivity index (χ4n) is 3.17. The number of fused-ring (bicyclic) bond motifs is 2. The van der Waals surface area contributed by atoms with Gasteiger partial charge in [0.15, 0.2) is 11.5 Å². The third-order valence-electron chi connectivity index (χ3n) is 4.19. The zero-order chi connectivity index (χ0) is 16.7. The smallest absolute Gasteiger partial charge is 0.265 e. The van der Waals surface area contributed by atoms with Crippen molar-refractivity contribution < 1.29 is 19.0 Å². The Balaban J connectivity index is 1.61. The second kappa shape index (κ2) is 5.70. The van der Waals surface area contributed by atoms with Crippen molar-refractivity contribution in [2.24, 2.45) is 0 Å². The molecular formula is C18H19NO4S. The Labute approximate surface area is 144 Å². The van der Waals surface area contributed by atoms with E-state index in [0.29, 0.717) is 36.0 Å². The van der Waals surface area contributed by atoms with Crippen molar-refractivity contribution in [2.75, 3.05) is 13.2 Å². The van der Waals surface area contributed by atoms with E-state index in [4.69, 9.17) is 14.2 Å². The van der Waals surface area contributed by atoms with Gasteiger partial charge in [-0.25, -0.2) is 0 Å². The molecule has 1 N–H and O–H groups in total. The molecular weight excluding hydrogens is 326 g/mol. The van der Waals surface area contributed by atoms with Gasteiger partial charge in [0.2, 0.25) is 0 Å². The van der Waals surface area contributed by atoms with Gasteiger partial charge in [-0.2, -0.15) is 0 Å². The van der Waals surface area contributed by atoms with Gasteiger partial charge < -0.3 is 19.5 Å². The van der Waals surface area contributed by atoms with Gasteiger partial charge >= 0.3 is 0 Å². The van der Waals surface area contributed by atoms with Crippen LogP contribution in [0.4, 0.5) is 0 Å². The highest BCUT2D eigenvalue weighted by molar-refractivity contribution is 7.12.